The van der Waals surface area contributed by atoms with Gasteiger partial charge in [0.2, 0.25) is 0 Å². The van der Waals surface area contributed by atoms with Crippen molar-refractivity contribution < 1.29 is 9.53 Å². The molecule has 1 aromatic carbocycles. The third-order valence-electron chi connectivity index (χ3n) is 3.45. The van der Waals surface area contributed by atoms with Gasteiger partial charge in [-0.25, -0.2) is 4.68 Å². The SMILES string of the molecule is CC1CCOC1C(=O)Nc1cccc(-n2ccnn2)c1. The molecule has 1 N–H and O–H groups in total. The van der Waals surface area contributed by atoms with Crippen LogP contribution >= 0.6 is 0 Å². The minimum absolute atomic E-state index is 0.0919. The van der Waals surface area contributed by atoms with Crippen LogP contribution in [0.4, 0.5) is 5.69 Å². The van der Waals surface area contributed by atoms with E-state index in [4.69, 9.17) is 4.74 Å². The molecule has 0 aliphatic carbocycles. The Hall–Kier alpha value is -2.21. The van der Waals surface area contributed by atoms with Crippen molar-refractivity contribution in [2.75, 3.05) is 11.9 Å². The van der Waals surface area contributed by atoms with Crippen LogP contribution in [0.15, 0.2) is 36.7 Å². The Balaban J connectivity index is 1.74. The van der Waals surface area contributed by atoms with Gasteiger partial charge in [0, 0.05) is 12.3 Å². The van der Waals surface area contributed by atoms with Crippen LogP contribution < -0.4 is 5.32 Å². The summed E-state index contributed by atoms with van der Waals surface area (Å²) in [6, 6.07) is 7.47. The number of nitrogens with zero attached hydrogens (tertiary/aromatic N) is 3. The maximum Gasteiger partial charge on any atom is 0.253 e. The quantitative estimate of drug-likeness (QED) is 0.922. The minimum Gasteiger partial charge on any atom is -0.368 e. The van der Waals surface area contributed by atoms with Gasteiger partial charge in [0.05, 0.1) is 18.1 Å². The fraction of sp³-hybridized carbons (Fsp3) is 0.357. The Morgan fingerprint density at radius 3 is 3.10 bits per heavy atom. The molecule has 0 radical (unpaired) electrons. The molecule has 0 spiro atoms. The van der Waals surface area contributed by atoms with Gasteiger partial charge in [-0.2, -0.15) is 0 Å². The third kappa shape index (κ3) is 2.55. The van der Waals surface area contributed by atoms with Crippen LogP contribution in [0.2, 0.25) is 0 Å². The van der Waals surface area contributed by atoms with E-state index in [0.717, 1.165) is 17.8 Å². The summed E-state index contributed by atoms with van der Waals surface area (Å²) in [6.45, 7) is 2.68. The van der Waals surface area contributed by atoms with E-state index < -0.39 is 0 Å². The number of rotatable bonds is 3. The van der Waals surface area contributed by atoms with Crippen molar-refractivity contribution >= 4 is 11.6 Å². The standard InChI is InChI=1S/C14H16N4O2/c1-10-5-8-20-13(10)14(19)16-11-3-2-4-12(9-11)18-7-6-15-17-18/h2-4,6-7,9-10,13H,5,8H2,1H3,(H,16,19). The van der Waals surface area contributed by atoms with E-state index in [9.17, 15) is 4.79 Å². The summed E-state index contributed by atoms with van der Waals surface area (Å²) >= 11 is 0. The highest BCUT2D eigenvalue weighted by atomic mass is 16.5. The number of benzene rings is 1. The van der Waals surface area contributed by atoms with E-state index in [1.807, 2.05) is 31.2 Å². The normalized spacial score (nSPS) is 21.9. The van der Waals surface area contributed by atoms with E-state index >= 15 is 0 Å². The van der Waals surface area contributed by atoms with Crippen molar-refractivity contribution in [2.45, 2.75) is 19.4 Å². The number of nitrogens with one attached hydrogen (secondary N) is 1. The fourth-order valence-electron chi connectivity index (χ4n) is 2.32. The monoisotopic (exact) mass is 272 g/mol. The second-order valence-electron chi connectivity index (χ2n) is 4.94. The Morgan fingerprint density at radius 1 is 1.50 bits per heavy atom. The number of aromatic nitrogens is 3. The molecule has 2 aromatic rings. The van der Waals surface area contributed by atoms with E-state index in [1.165, 1.54) is 0 Å². The number of anilines is 1. The third-order valence-corrected chi connectivity index (χ3v) is 3.45. The lowest BCUT2D eigenvalue weighted by Gasteiger charge is -2.14. The molecule has 0 saturated carbocycles. The molecule has 2 unspecified atom stereocenters. The van der Waals surface area contributed by atoms with Crippen LogP contribution in [-0.4, -0.2) is 33.6 Å². The molecular formula is C14H16N4O2. The summed E-state index contributed by atoms with van der Waals surface area (Å²) in [7, 11) is 0. The molecule has 1 saturated heterocycles. The molecule has 6 nitrogen and oxygen atoms in total. The van der Waals surface area contributed by atoms with Gasteiger partial charge in [-0.15, -0.1) is 5.10 Å². The Kier molecular flexibility index (Phi) is 3.47. The van der Waals surface area contributed by atoms with Crippen molar-refractivity contribution in [3.8, 4) is 5.69 Å². The molecule has 2 heterocycles. The second kappa shape index (κ2) is 5.42. The first-order valence-corrected chi connectivity index (χ1v) is 6.63. The molecule has 1 amide bonds. The number of carbonyl (C=O) groups is 1. The lowest BCUT2D eigenvalue weighted by Crippen LogP contribution is -2.31. The summed E-state index contributed by atoms with van der Waals surface area (Å²) in [5.74, 6) is 0.166. The summed E-state index contributed by atoms with van der Waals surface area (Å²) in [5, 5.41) is 10.6. The van der Waals surface area contributed by atoms with Gasteiger partial charge in [0.15, 0.2) is 0 Å². The van der Waals surface area contributed by atoms with E-state index in [-0.39, 0.29) is 17.9 Å². The minimum atomic E-state index is -0.356. The Bertz CT molecular complexity index is 597. The van der Waals surface area contributed by atoms with E-state index in [0.29, 0.717) is 6.61 Å². The average molecular weight is 272 g/mol. The predicted octanol–water partition coefficient (Wildman–Crippen LogP) is 1.63. The van der Waals surface area contributed by atoms with E-state index in [1.54, 1.807) is 17.1 Å². The molecule has 6 heteroatoms. The number of carbonyl (C=O) groups excluding carboxylic acids is 1. The van der Waals surface area contributed by atoms with Crippen LogP contribution in [0.25, 0.3) is 5.69 Å². The molecule has 1 aliphatic rings. The van der Waals surface area contributed by atoms with Gasteiger partial charge in [0.25, 0.3) is 5.91 Å². The van der Waals surface area contributed by atoms with Crippen molar-refractivity contribution in [3.63, 3.8) is 0 Å². The molecule has 0 bridgehead atoms. The van der Waals surface area contributed by atoms with Crippen LogP contribution in [0, 0.1) is 5.92 Å². The van der Waals surface area contributed by atoms with Gasteiger partial charge in [0.1, 0.15) is 6.10 Å². The highest BCUT2D eigenvalue weighted by molar-refractivity contribution is 5.94. The summed E-state index contributed by atoms with van der Waals surface area (Å²) in [4.78, 5) is 12.2. The van der Waals surface area contributed by atoms with Crippen molar-refractivity contribution in [1.82, 2.24) is 15.0 Å². The average Bonchev–Trinajstić information content (AvgIpc) is 3.09. The van der Waals surface area contributed by atoms with Crippen molar-refractivity contribution in [1.29, 1.82) is 0 Å². The number of ether oxygens (including phenoxy) is 1. The lowest BCUT2D eigenvalue weighted by molar-refractivity contribution is -0.126. The molecule has 1 aromatic heterocycles. The molecule has 1 fully saturated rings. The van der Waals surface area contributed by atoms with Gasteiger partial charge in [-0.3, -0.25) is 4.79 Å². The molecular weight excluding hydrogens is 256 g/mol. The van der Waals surface area contributed by atoms with Crippen molar-refractivity contribution in [3.05, 3.63) is 36.7 Å². The second-order valence-corrected chi connectivity index (χ2v) is 4.94. The fourth-order valence-corrected chi connectivity index (χ4v) is 2.32. The number of hydrogen-bond acceptors (Lipinski definition) is 4. The maximum atomic E-state index is 12.2. The zero-order valence-corrected chi connectivity index (χ0v) is 11.2. The smallest absolute Gasteiger partial charge is 0.253 e. The van der Waals surface area contributed by atoms with Crippen LogP contribution in [0.3, 0.4) is 0 Å². The summed E-state index contributed by atoms with van der Waals surface area (Å²) in [5.41, 5.74) is 1.58. The highest BCUT2D eigenvalue weighted by Gasteiger charge is 2.30. The summed E-state index contributed by atoms with van der Waals surface area (Å²) < 4.78 is 7.11. The summed E-state index contributed by atoms with van der Waals surface area (Å²) in [6.07, 6.45) is 3.93. The van der Waals surface area contributed by atoms with Crippen LogP contribution in [-0.2, 0) is 9.53 Å². The maximum absolute atomic E-state index is 12.2. The molecule has 1 aliphatic heterocycles. The van der Waals surface area contributed by atoms with Crippen LogP contribution in [0.5, 0.6) is 0 Å². The molecule has 3 rings (SSSR count). The largest absolute Gasteiger partial charge is 0.368 e. The van der Waals surface area contributed by atoms with Gasteiger partial charge in [-0.05, 0) is 30.5 Å². The number of hydrogen-bond donors (Lipinski definition) is 1. The zero-order valence-electron chi connectivity index (χ0n) is 11.2. The number of amides is 1. The van der Waals surface area contributed by atoms with Gasteiger partial charge in [-0.1, -0.05) is 18.2 Å². The van der Waals surface area contributed by atoms with Gasteiger partial charge < -0.3 is 10.1 Å². The topological polar surface area (TPSA) is 69.0 Å². The molecule has 104 valence electrons. The first kappa shape index (κ1) is 12.8. The van der Waals surface area contributed by atoms with Crippen LogP contribution in [0.1, 0.15) is 13.3 Å². The van der Waals surface area contributed by atoms with Crippen molar-refractivity contribution in [2.24, 2.45) is 5.92 Å². The lowest BCUT2D eigenvalue weighted by atomic mass is 10.0. The zero-order chi connectivity index (χ0) is 13.9. The highest BCUT2D eigenvalue weighted by Crippen LogP contribution is 2.22. The molecule has 20 heavy (non-hydrogen) atoms. The van der Waals surface area contributed by atoms with Gasteiger partial charge >= 0.3 is 0 Å². The Labute approximate surface area is 116 Å². The molecule has 2 atom stereocenters. The first-order chi connectivity index (χ1) is 9.74. The Morgan fingerprint density at radius 2 is 2.40 bits per heavy atom. The van der Waals surface area contributed by atoms with E-state index in [2.05, 4.69) is 15.6 Å². The predicted molar refractivity (Wildman–Crippen MR) is 73.5 cm³/mol. The first-order valence-electron chi connectivity index (χ1n) is 6.63.